The van der Waals surface area contributed by atoms with Crippen molar-refractivity contribution < 1.29 is 13.2 Å². The molecule has 3 rings (SSSR count). The van der Waals surface area contributed by atoms with Gasteiger partial charge >= 0.3 is 0 Å². The lowest BCUT2D eigenvalue weighted by Gasteiger charge is -2.40. The van der Waals surface area contributed by atoms with E-state index in [1.165, 1.54) is 17.1 Å². The number of nitrogens with zero attached hydrogens (tertiary/aromatic N) is 1. The first-order chi connectivity index (χ1) is 10.0. The Hall–Kier alpha value is -1.11. The Bertz CT molecular complexity index is 590. The van der Waals surface area contributed by atoms with Crippen molar-refractivity contribution in [1.82, 2.24) is 9.62 Å². The first kappa shape index (κ1) is 14.8. The average molecular weight is 310 g/mol. The Morgan fingerprint density at radius 2 is 1.86 bits per heavy atom. The molecule has 2 aliphatic rings. The molecule has 0 aromatic heterocycles. The smallest absolute Gasteiger partial charge is 0.243 e. The molecule has 1 saturated heterocycles. The van der Waals surface area contributed by atoms with E-state index in [-0.39, 0.29) is 6.04 Å². The molecule has 1 aliphatic heterocycles. The lowest BCUT2D eigenvalue weighted by atomic mass is 10.1. The van der Waals surface area contributed by atoms with Crippen molar-refractivity contribution in [2.24, 2.45) is 5.92 Å². The highest BCUT2D eigenvalue weighted by Crippen LogP contribution is 2.33. The van der Waals surface area contributed by atoms with E-state index in [9.17, 15) is 8.42 Å². The summed E-state index contributed by atoms with van der Waals surface area (Å²) in [4.78, 5) is 0.331. The molecular formula is C15H22N2O3S. The van der Waals surface area contributed by atoms with Gasteiger partial charge in [-0.3, -0.25) is 0 Å². The van der Waals surface area contributed by atoms with E-state index in [4.69, 9.17) is 4.74 Å². The molecule has 0 spiro atoms. The second-order valence-corrected chi connectivity index (χ2v) is 7.93. The third-order valence-electron chi connectivity index (χ3n) is 4.37. The van der Waals surface area contributed by atoms with Gasteiger partial charge in [0.05, 0.1) is 12.0 Å². The zero-order chi connectivity index (χ0) is 15.0. The molecule has 1 saturated carbocycles. The van der Waals surface area contributed by atoms with Crippen LogP contribution in [0.4, 0.5) is 0 Å². The summed E-state index contributed by atoms with van der Waals surface area (Å²) in [6.45, 7) is 3.31. The minimum absolute atomic E-state index is 0.286. The van der Waals surface area contributed by atoms with Gasteiger partial charge in [-0.15, -0.1) is 0 Å². The summed E-state index contributed by atoms with van der Waals surface area (Å²) < 4.78 is 31.5. The zero-order valence-electron chi connectivity index (χ0n) is 12.5. The van der Waals surface area contributed by atoms with Gasteiger partial charge in [0.15, 0.2) is 0 Å². The van der Waals surface area contributed by atoms with Crippen LogP contribution < -0.4 is 10.1 Å². The van der Waals surface area contributed by atoms with Crippen molar-refractivity contribution in [2.75, 3.05) is 20.2 Å². The molecular weight excluding hydrogens is 288 g/mol. The minimum Gasteiger partial charge on any atom is -0.497 e. The van der Waals surface area contributed by atoms with Crippen molar-refractivity contribution in [3.05, 3.63) is 24.3 Å². The number of benzene rings is 1. The molecule has 0 radical (unpaired) electrons. The van der Waals surface area contributed by atoms with Gasteiger partial charge in [-0.2, -0.15) is 4.31 Å². The quantitative estimate of drug-likeness (QED) is 0.864. The summed E-state index contributed by atoms with van der Waals surface area (Å²) in [7, 11) is -1.80. The van der Waals surface area contributed by atoms with Crippen LogP contribution in [0.5, 0.6) is 5.75 Å². The molecule has 0 amide bonds. The predicted octanol–water partition coefficient (Wildman–Crippen LogP) is 1.46. The van der Waals surface area contributed by atoms with Crippen LogP contribution in [0, 0.1) is 5.92 Å². The number of methoxy groups -OCH3 is 1. The van der Waals surface area contributed by atoms with E-state index in [2.05, 4.69) is 12.2 Å². The molecule has 5 nitrogen and oxygen atoms in total. The van der Waals surface area contributed by atoms with Crippen LogP contribution in [0.3, 0.4) is 0 Å². The molecule has 1 atom stereocenters. The normalized spacial score (nSPS) is 21.8. The number of rotatable bonds is 6. The fourth-order valence-electron chi connectivity index (χ4n) is 2.74. The Balaban J connectivity index is 1.58. The first-order valence-corrected chi connectivity index (χ1v) is 8.85. The van der Waals surface area contributed by atoms with Gasteiger partial charge < -0.3 is 10.1 Å². The maximum Gasteiger partial charge on any atom is 0.243 e. The topological polar surface area (TPSA) is 58.6 Å². The molecule has 21 heavy (non-hydrogen) atoms. The Labute approximate surface area is 126 Å². The van der Waals surface area contributed by atoms with Gasteiger partial charge in [-0.1, -0.05) is 0 Å². The van der Waals surface area contributed by atoms with Gasteiger partial charge in [0, 0.05) is 25.2 Å². The fraction of sp³-hybridized carbons (Fsp3) is 0.600. The molecule has 0 bridgehead atoms. The van der Waals surface area contributed by atoms with Gasteiger partial charge in [0.1, 0.15) is 5.75 Å². The van der Waals surface area contributed by atoms with Gasteiger partial charge in [-0.05, 0) is 49.9 Å². The second kappa shape index (κ2) is 5.59. The van der Waals surface area contributed by atoms with E-state index < -0.39 is 10.0 Å². The lowest BCUT2D eigenvalue weighted by Crippen LogP contribution is -2.61. The van der Waals surface area contributed by atoms with E-state index in [1.807, 2.05) is 0 Å². The molecule has 1 aromatic rings. The van der Waals surface area contributed by atoms with Crippen LogP contribution in [-0.2, 0) is 10.0 Å². The number of ether oxygens (including phenoxy) is 1. The summed E-state index contributed by atoms with van der Waals surface area (Å²) in [6, 6.07) is 7.34. The van der Waals surface area contributed by atoms with Crippen LogP contribution in [0.15, 0.2) is 29.2 Å². The van der Waals surface area contributed by atoms with Crippen molar-refractivity contribution in [3.63, 3.8) is 0 Å². The van der Waals surface area contributed by atoms with Crippen molar-refractivity contribution in [1.29, 1.82) is 0 Å². The standard InChI is InChI=1S/C15H22N2O3S/c1-11(12-3-4-12)16-13-9-17(10-13)21(18,19)15-7-5-14(20-2)6-8-15/h5-8,11-13,16H,3-4,9-10H2,1-2H3/t11-/m0/s1. The van der Waals surface area contributed by atoms with Crippen LogP contribution in [-0.4, -0.2) is 45.0 Å². The summed E-state index contributed by atoms with van der Waals surface area (Å²) in [5, 5.41) is 3.52. The van der Waals surface area contributed by atoms with Crippen LogP contribution in [0.2, 0.25) is 0 Å². The molecule has 2 fully saturated rings. The van der Waals surface area contributed by atoms with E-state index in [0.29, 0.717) is 29.8 Å². The molecule has 116 valence electrons. The van der Waals surface area contributed by atoms with Crippen LogP contribution in [0.1, 0.15) is 19.8 Å². The monoisotopic (exact) mass is 310 g/mol. The summed E-state index contributed by atoms with van der Waals surface area (Å²) >= 11 is 0. The van der Waals surface area contributed by atoms with Crippen LogP contribution >= 0.6 is 0 Å². The maximum absolute atomic E-state index is 12.4. The Morgan fingerprint density at radius 1 is 1.24 bits per heavy atom. The lowest BCUT2D eigenvalue weighted by molar-refractivity contribution is 0.208. The van der Waals surface area contributed by atoms with E-state index in [0.717, 1.165) is 5.92 Å². The Kier molecular flexibility index (Phi) is 3.94. The molecule has 1 aromatic carbocycles. The van der Waals surface area contributed by atoms with Crippen molar-refractivity contribution in [2.45, 2.75) is 36.7 Å². The largest absolute Gasteiger partial charge is 0.497 e. The molecule has 6 heteroatoms. The van der Waals surface area contributed by atoms with Gasteiger partial charge in [0.25, 0.3) is 0 Å². The van der Waals surface area contributed by atoms with Crippen molar-refractivity contribution in [3.8, 4) is 5.75 Å². The molecule has 1 heterocycles. The highest BCUT2D eigenvalue weighted by Gasteiger charge is 2.39. The number of sulfonamides is 1. The maximum atomic E-state index is 12.4. The van der Waals surface area contributed by atoms with E-state index in [1.54, 1.807) is 31.4 Å². The highest BCUT2D eigenvalue weighted by atomic mass is 32.2. The number of hydrogen-bond donors (Lipinski definition) is 1. The number of nitrogens with one attached hydrogen (secondary N) is 1. The third-order valence-corrected chi connectivity index (χ3v) is 6.22. The highest BCUT2D eigenvalue weighted by molar-refractivity contribution is 7.89. The summed E-state index contributed by atoms with van der Waals surface area (Å²) in [5.41, 5.74) is 0. The average Bonchev–Trinajstić information content (AvgIpc) is 3.26. The van der Waals surface area contributed by atoms with Gasteiger partial charge in [0.2, 0.25) is 10.0 Å². The van der Waals surface area contributed by atoms with Crippen LogP contribution in [0.25, 0.3) is 0 Å². The summed E-state index contributed by atoms with van der Waals surface area (Å²) in [6.07, 6.45) is 2.60. The van der Waals surface area contributed by atoms with Crippen molar-refractivity contribution >= 4 is 10.0 Å². The minimum atomic E-state index is -3.36. The third kappa shape index (κ3) is 3.07. The second-order valence-electron chi connectivity index (χ2n) is 5.99. The molecule has 1 N–H and O–H groups in total. The zero-order valence-corrected chi connectivity index (χ0v) is 13.3. The molecule has 0 unspecified atom stereocenters. The first-order valence-electron chi connectivity index (χ1n) is 7.41. The number of hydrogen-bond acceptors (Lipinski definition) is 4. The predicted molar refractivity (Wildman–Crippen MR) is 80.9 cm³/mol. The SMILES string of the molecule is COc1ccc(S(=O)(=O)N2CC(N[C@@H](C)C3CC3)C2)cc1. The molecule has 1 aliphatic carbocycles. The van der Waals surface area contributed by atoms with Gasteiger partial charge in [-0.25, -0.2) is 8.42 Å². The van der Waals surface area contributed by atoms with E-state index >= 15 is 0 Å². The Morgan fingerprint density at radius 3 is 2.38 bits per heavy atom. The fourth-order valence-corrected chi connectivity index (χ4v) is 4.27. The summed E-state index contributed by atoms with van der Waals surface area (Å²) in [5.74, 6) is 1.45.